The van der Waals surface area contributed by atoms with Gasteiger partial charge in [0.15, 0.2) is 11.5 Å². The number of halogens is 1. The number of benzene rings is 1. The van der Waals surface area contributed by atoms with Crippen LogP contribution in [-0.2, 0) is 4.74 Å². The first-order valence-corrected chi connectivity index (χ1v) is 6.59. The molecule has 1 aromatic rings. The lowest BCUT2D eigenvalue weighted by Crippen LogP contribution is -2.35. The van der Waals surface area contributed by atoms with Crippen molar-refractivity contribution in [2.24, 2.45) is 0 Å². The fraction of sp³-hybridized carbons (Fsp3) is 0.417. The predicted octanol–water partition coefficient (Wildman–Crippen LogP) is 1.58. The third-order valence-electron chi connectivity index (χ3n) is 2.45. The second-order valence-electron chi connectivity index (χ2n) is 3.65. The zero-order valence-electron chi connectivity index (χ0n) is 10.1. The van der Waals surface area contributed by atoms with Gasteiger partial charge in [-0.25, -0.2) is 0 Å². The summed E-state index contributed by atoms with van der Waals surface area (Å²) in [5.74, 6) is -1.02. The number of ether oxygens (including phenoxy) is 1. The lowest BCUT2D eigenvalue weighted by molar-refractivity contribution is 0.0705. The van der Waals surface area contributed by atoms with Crippen molar-refractivity contribution in [2.45, 2.75) is 0 Å². The molecule has 5 nitrogen and oxygen atoms in total. The number of hydrogen-bond acceptors (Lipinski definition) is 4. The molecular formula is C12H16BrNO4. The van der Waals surface area contributed by atoms with Crippen LogP contribution in [-0.4, -0.2) is 53.2 Å². The monoisotopic (exact) mass is 317 g/mol. The predicted molar refractivity (Wildman–Crippen MR) is 71.3 cm³/mol. The van der Waals surface area contributed by atoms with Gasteiger partial charge in [-0.15, -0.1) is 0 Å². The summed E-state index contributed by atoms with van der Waals surface area (Å²) in [5, 5.41) is 19.7. The quantitative estimate of drug-likeness (QED) is 0.617. The molecule has 0 fully saturated rings. The number of carbonyl (C=O) groups excluding carboxylic acids is 1. The SMILES string of the molecule is COCCN(CCBr)C(=O)c1cccc(O)c1O. The summed E-state index contributed by atoms with van der Waals surface area (Å²) in [4.78, 5) is 13.7. The molecule has 18 heavy (non-hydrogen) atoms. The molecule has 0 aromatic heterocycles. The molecule has 1 rings (SSSR count). The fourth-order valence-corrected chi connectivity index (χ4v) is 1.92. The highest BCUT2D eigenvalue weighted by Crippen LogP contribution is 2.29. The van der Waals surface area contributed by atoms with Gasteiger partial charge in [0.25, 0.3) is 5.91 Å². The number of rotatable bonds is 6. The largest absolute Gasteiger partial charge is 0.504 e. The number of para-hydroxylation sites is 1. The van der Waals surface area contributed by atoms with Crippen LogP contribution in [0.2, 0.25) is 0 Å². The van der Waals surface area contributed by atoms with Crippen LogP contribution in [0, 0.1) is 0 Å². The minimum absolute atomic E-state index is 0.0899. The third kappa shape index (κ3) is 3.61. The van der Waals surface area contributed by atoms with Crippen LogP contribution in [0.5, 0.6) is 11.5 Å². The van der Waals surface area contributed by atoms with Crippen LogP contribution in [0.15, 0.2) is 18.2 Å². The summed E-state index contributed by atoms with van der Waals surface area (Å²) in [6.07, 6.45) is 0. The molecular weight excluding hydrogens is 302 g/mol. The van der Waals surface area contributed by atoms with Gasteiger partial charge in [-0.3, -0.25) is 4.79 Å². The van der Waals surface area contributed by atoms with E-state index in [0.29, 0.717) is 25.0 Å². The van der Waals surface area contributed by atoms with Gasteiger partial charge in [-0.2, -0.15) is 0 Å². The molecule has 1 amide bonds. The minimum Gasteiger partial charge on any atom is -0.504 e. The molecule has 0 saturated carbocycles. The minimum atomic E-state index is -0.389. The van der Waals surface area contributed by atoms with Gasteiger partial charge in [0, 0.05) is 25.5 Å². The van der Waals surface area contributed by atoms with Crippen molar-refractivity contribution >= 4 is 21.8 Å². The van der Waals surface area contributed by atoms with Crippen molar-refractivity contribution in [1.82, 2.24) is 4.90 Å². The molecule has 100 valence electrons. The average molecular weight is 318 g/mol. The number of aromatic hydroxyl groups is 2. The highest BCUT2D eigenvalue weighted by Gasteiger charge is 2.19. The number of amides is 1. The summed E-state index contributed by atoms with van der Waals surface area (Å²) in [6, 6.07) is 4.33. The van der Waals surface area contributed by atoms with E-state index in [1.807, 2.05) is 0 Å². The Morgan fingerprint density at radius 3 is 2.72 bits per heavy atom. The summed E-state index contributed by atoms with van der Waals surface area (Å²) in [6.45, 7) is 1.34. The molecule has 1 aromatic carbocycles. The van der Waals surface area contributed by atoms with E-state index in [-0.39, 0.29) is 23.0 Å². The first-order chi connectivity index (χ1) is 8.61. The Balaban J connectivity index is 2.90. The maximum atomic E-state index is 12.2. The molecule has 0 aliphatic carbocycles. The maximum absolute atomic E-state index is 12.2. The average Bonchev–Trinajstić information content (AvgIpc) is 2.37. The van der Waals surface area contributed by atoms with E-state index in [4.69, 9.17) is 4.74 Å². The number of hydrogen-bond donors (Lipinski definition) is 2. The van der Waals surface area contributed by atoms with Crippen LogP contribution in [0.4, 0.5) is 0 Å². The number of phenols is 2. The molecule has 0 saturated heterocycles. The van der Waals surface area contributed by atoms with Crippen LogP contribution < -0.4 is 0 Å². The lowest BCUT2D eigenvalue weighted by Gasteiger charge is -2.21. The molecule has 0 aliphatic heterocycles. The normalized spacial score (nSPS) is 10.3. The van der Waals surface area contributed by atoms with E-state index >= 15 is 0 Å². The van der Waals surface area contributed by atoms with Crippen molar-refractivity contribution in [1.29, 1.82) is 0 Å². The van der Waals surface area contributed by atoms with Crippen LogP contribution in [0.1, 0.15) is 10.4 Å². The molecule has 2 N–H and O–H groups in total. The van der Waals surface area contributed by atoms with Gasteiger partial charge < -0.3 is 19.8 Å². The van der Waals surface area contributed by atoms with Crippen LogP contribution in [0.25, 0.3) is 0 Å². The Morgan fingerprint density at radius 1 is 1.39 bits per heavy atom. The van der Waals surface area contributed by atoms with Gasteiger partial charge in [-0.05, 0) is 12.1 Å². The Morgan fingerprint density at radius 2 is 2.11 bits per heavy atom. The van der Waals surface area contributed by atoms with Gasteiger partial charge in [0.2, 0.25) is 0 Å². The second kappa shape index (κ2) is 7.23. The summed E-state index contributed by atoms with van der Waals surface area (Å²) < 4.78 is 4.94. The van der Waals surface area contributed by atoms with Gasteiger partial charge >= 0.3 is 0 Å². The smallest absolute Gasteiger partial charge is 0.257 e. The zero-order valence-corrected chi connectivity index (χ0v) is 11.7. The van der Waals surface area contributed by atoms with Crippen molar-refractivity contribution in [3.8, 4) is 11.5 Å². The molecule has 0 spiro atoms. The highest BCUT2D eigenvalue weighted by molar-refractivity contribution is 9.09. The van der Waals surface area contributed by atoms with E-state index in [0.717, 1.165) is 0 Å². The van der Waals surface area contributed by atoms with E-state index in [9.17, 15) is 15.0 Å². The topological polar surface area (TPSA) is 70.0 Å². The number of phenolic OH excluding ortho intramolecular Hbond substituents is 2. The Bertz CT molecular complexity index is 411. The summed E-state index contributed by atoms with van der Waals surface area (Å²) >= 11 is 3.27. The van der Waals surface area contributed by atoms with Crippen molar-refractivity contribution in [3.63, 3.8) is 0 Å². The number of carbonyl (C=O) groups is 1. The van der Waals surface area contributed by atoms with Gasteiger partial charge in [0.1, 0.15) is 0 Å². The molecule has 0 radical (unpaired) electrons. The summed E-state index contributed by atoms with van der Waals surface area (Å²) in [5.41, 5.74) is 0.0899. The molecule has 6 heteroatoms. The van der Waals surface area contributed by atoms with E-state index < -0.39 is 0 Å². The Hall–Kier alpha value is -1.27. The molecule has 0 aliphatic rings. The van der Waals surface area contributed by atoms with Crippen molar-refractivity contribution < 1.29 is 19.7 Å². The number of methoxy groups -OCH3 is 1. The second-order valence-corrected chi connectivity index (χ2v) is 4.44. The van der Waals surface area contributed by atoms with Crippen LogP contribution >= 0.6 is 15.9 Å². The van der Waals surface area contributed by atoms with Gasteiger partial charge in [-0.1, -0.05) is 22.0 Å². The third-order valence-corrected chi connectivity index (χ3v) is 2.81. The lowest BCUT2D eigenvalue weighted by atomic mass is 10.1. The molecule has 0 bridgehead atoms. The zero-order chi connectivity index (χ0) is 13.5. The van der Waals surface area contributed by atoms with Crippen LogP contribution in [0.3, 0.4) is 0 Å². The number of nitrogens with zero attached hydrogens (tertiary/aromatic N) is 1. The fourth-order valence-electron chi connectivity index (χ4n) is 1.49. The van der Waals surface area contributed by atoms with E-state index in [2.05, 4.69) is 15.9 Å². The highest BCUT2D eigenvalue weighted by atomic mass is 79.9. The Kier molecular flexibility index (Phi) is 5.94. The molecule has 0 atom stereocenters. The van der Waals surface area contributed by atoms with Crippen molar-refractivity contribution in [3.05, 3.63) is 23.8 Å². The van der Waals surface area contributed by atoms with Gasteiger partial charge in [0.05, 0.1) is 12.2 Å². The van der Waals surface area contributed by atoms with E-state index in [1.165, 1.54) is 18.2 Å². The number of alkyl halides is 1. The standard InChI is InChI=1S/C12H16BrNO4/c1-18-8-7-14(6-5-13)12(17)9-3-2-4-10(15)11(9)16/h2-4,15-16H,5-8H2,1H3. The van der Waals surface area contributed by atoms with E-state index in [1.54, 1.807) is 12.0 Å². The molecule has 0 heterocycles. The van der Waals surface area contributed by atoms with Crippen molar-refractivity contribution in [2.75, 3.05) is 32.1 Å². The Labute approximate surface area is 114 Å². The summed E-state index contributed by atoms with van der Waals surface area (Å²) in [7, 11) is 1.56. The first kappa shape index (κ1) is 14.8. The maximum Gasteiger partial charge on any atom is 0.257 e. The first-order valence-electron chi connectivity index (χ1n) is 5.47. The molecule has 0 unspecified atom stereocenters.